The van der Waals surface area contributed by atoms with Gasteiger partial charge in [0.1, 0.15) is 11.6 Å². The van der Waals surface area contributed by atoms with E-state index in [4.69, 9.17) is 5.11 Å². The monoisotopic (exact) mass is 375 g/mol. The number of amides is 2. The van der Waals surface area contributed by atoms with Crippen molar-refractivity contribution < 1.29 is 23.5 Å². The molecule has 0 aliphatic heterocycles. The molecule has 2 aromatic carbocycles. The summed E-state index contributed by atoms with van der Waals surface area (Å²) in [6.45, 7) is 4.10. The Morgan fingerprint density at radius 1 is 1.04 bits per heavy atom. The normalized spacial score (nSPS) is 11.0. The molecule has 0 aliphatic carbocycles. The van der Waals surface area contributed by atoms with E-state index in [-0.39, 0.29) is 5.69 Å². The number of carbonyl (C=O) groups is 2. The molecular formula is C19H19F2N3O3. The van der Waals surface area contributed by atoms with E-state index >= 15 is 0 Å². The summed E-state index contributed by atoms with van der Waals surface area (Å²) < 4.78 is 26.6. The number of benzene rings is 2. The molecule has 0 fully saturated rings. The number of carboxylic acids is 1. The summed E-state index contributed by atoms with van der Waals surface area (Å²) in [7, 11) is 0. The van der Waals surface area contributed by atoms with Crippen LogP contribution in [0.5, 0.6) is 0 Å². The zero-order valence-corrected chi connectivity index (χ0v) is 14.8. The third kappa shape index (κ3) is 5.53. The smallest absolute Gasteiger partial charge is 0.328 e. The summed E-state index contributed by atoms with van der Waals surface area (Å²) in [6.07, 6.45) is 1.06. The fraction of sp³-hybridized carbons (Fsp3) is 0.158. The summed E-state index contributed by atoms with van der Waals surface area (Å²) in [4.78, 5) is 23.1. The minimum absolute atomic E-state index is 0.169. The number of rotatable bonds is 6. The summed E-state index contributed by atoms with van der Waals surface area (Å²) in [5, 5.41) is 16.8. The highest BCUT2D eigenvalue weighted by Crippen LogP contribution is 2.27. The summed E-state index contributed by atoms with van der Waals surface area (Å²) in [5.41, 5.74) is 1.92. The number of carbonyl (C=O) groups excluding carboxylic acids is 1. The first-order chi connectivity index (χ1) is 12.8. The van der Waals surface area contributed by atoms with Gasteiger partial charge in [0.25, 0.3) is 0 Å². The molecule has 6 nitrogen and oxygen atoms in total. The van der Waals surface area contributed by atoms with Crippen molar-refractivity contribution >= 4 is 34.6 Å². The van der Waals surface area contributed by atoms with Crippen molar-refractivity contribution in [3.05, 3.63) is 59.7 Å². The molecule has 4 N–H and O–H groups in total. The highest BCUT2D eigenvalue weighted by molar-refractivity contribution is 6.02. The molecule has 0 saturated heterocycles. The third-order valence-corrected chi connectivity index (χ3v) is 3.61. The standard InChI is InChI=1S/C19H19F2N3O3/c1-3-22-16-6-4-12(11(2)8-18(25)26)9-17(16)24-19(27)23-15-7-5-13(20)10-14(15)21/h4-10,22H,3H2,1-2H3,(H,25,26)(H2,23,24,27)/b11-8+. The van der Waals surface area contributed by atoms with Crippen molar-refractivity contribution in [2.45, 2.75) is 13.8 Å². The van der Waals surface area contributed by atoms with Crippen molar-refractivity contribution in [3.8, 4) is 0 Å². The number of nitrogens with one attached hydrogen (secondary N) is 3. The number of hydrogen-bond acceptors (Lipinski definition) is 3. The predicted molar refractivity (Wildman–Crippen MR) is 101 cm³/mol. The number of urea groups is 1. The highest BCUT2D eigenvalue weighted by atomic mass is 19.1. The number of hydrogen-bond donors (Lipinski definition) is 4. The Kier molecular flexibility index (Phi) is 6.48. The zero-order chi connectivity index (χ0) is 20.0. The number of anilines is 3. The molecule has 0 bridgehead atoms. The summed E-state index contributed by atoms with van der Waals surface area (Å²) in [5.74, 6) is -2.73. The average molecular weight is 375 g/mol. The van der Waals surface area contributed by atoms with Crippen molar-refractivity contribution in [1.82, 2.24) is 0 Å². The van der Waals surface area contributed by atoms with Crippen LogP contribution in [0.4, 0.5) is 30.6 Å². The van der Waals surface area contributed by atoms with Crippen molar-refractivity contribution in [2.75, 3.05) is 22.5 Å². The van der Waals surface area contributed by atoms with Gasteiger partial charge in [-0.05, 0) is 49.2 Å². The quantitative estimate of drug-likeness (QED) is 0.559. The molecule has 8 heteroatoms. The molecular weight excluding hydrogens is 356 g/mol. The fourth-order valence-corrected chi connectivity index (χ4v) is 2.37. The van der Waals surface area contributed by atoms with Gasteiger partial charge in [-0.1, -0.05) is 6.07 Å². The van der Waals surface area contributed by atoms with Crippen LogP contribution >= 0.6 is 0 Å². The maximum Gasteiger partial charge on any atom is 0.328 e. The Balaban J connectivity index is 2.26. The van der Waals surface area contributed by atoms with Gasteiger partial charge in [-0.25, -0.2) is 18.4 Å². The lowest BCUT2D eigenvalue weighted by atomic mass is 10.1. The Hall–Kier alpha value is -3.42. The number of allylic oxidation sites excluding steroid dienone is 1. The topological polar surface area (TPSA) is 90.5 Å². The van der Waals surface area contributed by atoms with Crippen LogP contribution < -0.4 is 16.0 Å². The molecule has 0 unspecified atom stereocenters. The Morgan fingerprint density at radius 3 is 2.33 bits per heavy atom. The van der Waals surface area contributed by atoms with E-state index in [1.807, 2.05) is 6.92 Å². The van der Waals surface area contributed by atoms with Crippen LogP contribution in [0.3, 0.4) is 0 Å². The minimum Gasteiger partial charge on any atom is -0.478 e. The average Bonchev–Trinajstić information content (AvgIpc) is 2.58. The van der Waals surface area contributed by atoms with E-state index < -0.39 is 23.6 Å². The second-order valence-corrected chi connectivity index (χ2v) is 5.66. The first kappa shape index (κ1) is 19.9. The minimum atomic E-state index is -1.08. The number of aliphatic carboxylic acids is 1. The lowest BCUT2D eigenvalue weighted by Gasteiger charge is -2.15. The van der Waals surface area contributed by atoms with Crippen molar-refractivity contribution in [2.24, 2.45) is 0 Å². The molecule has 0 saturated carbocycles. The molecule has 2 aromatic rings. The summed E-state index contributed by atoms with van der Waals surface area (Å²) in [6, 6.07) is 7.11. The predicted octanol–water partition coefficient (Wildman–Crippen LogP) is 4.53. The van der Waals surface area contributed by atoms with Crippen molar-refractivity contribution in [3.63, 3.8) is 0 Å². The molecule has 2 amide bonds. The van der Waals surface area contributed by atoms with E-state index in [0.29, 0.717) is 35.1 Å². The van der Waals surface area contributed by atoms with E-state index in [2.05, 4.69) is 16.0 Å². The highest BCUT2D eigenvalue weighted by Gasteiger charge is 2.12. The van der Waals surface area contributed by atoms with Gasteiger partial charge in [0.05, 0.1) is 17.1 Å². The molecule has 0 aliphatic rings. The van der Waals surface area contributed by atoms with Crippen LogP contribution in [0, 0.1) is 11.6 Å². The second kappa shape index (κ2) is 8.79. The fourth-order valence-electron chi connectivity index (χ4n) is 2.37. The van der Waals surface area contributed by atoms with E-state index in [9.17, 15) is 18.4 Å². The van der Waals surface area contributed by atoms with Gasteiger partial charge in [-0.3, -0.25) is 0 Å². The van der Waals surface area contributed by atoms with Gasteiger partial charge >= 0.3 is 12.0 Å². The Bertz CT molecular complexity index is 898. The maximum absolute atomic E-state index is 13.7. The van der Waals surface area contributed by atoms with Gasteiger partial charge < -0.3 is 21.1 Å². The Morgan fingerprint density at radius 2 is 1.70 bits per heavy atom. The number of carboxylic acid groups (broad SMARTS) is 1. The lowest BCUT2D eigenvalue weighted by molar-refractivity contribution is -0.131. The van der Waals surface area contributed by atoms with Crippen LogP contribution in [-0.2, 0) is 4.79 Å². The van der Waals surface area contributed by atoms with E-state index in [0.717, 1.165) is 18.2 Å². The first-order valence-corrected chi connectivity index (χ1v) is 8.12. The van der Waals surface area contributed by atoms with Gasteiger partial charge in [0, 0.05) is 18.7 Å². The molecule has 0 atom stereocenters. The van der Waals surface area contributed by atoms with Crippen LogP contribution in [0.15, 0.2) is 42.5 Å². The summed E-state index contributed by atoms with van der Waals surface area (Å²) >= 11 is 0. The molecule has 0 radical (unpaired) electrons. The lowest BCUT2D eigenvalue weighted by Crippen LogP contribution is -2.21. The van der Waals surface area contributed by atoms with Crippen LogP contribution in [0.2, 0.25) is 0 Å². The van der Waals surface area contributed by atoms with E-state index in [1.54, 1.807) is 25.1 Å². The van der Waals surface area contributed by atoms with Crippen LogP contribution in [-0.4, -0.2) is 23.7 Å². The molecule has 142 valence electrons. The van der Waals surface area contributed by atoms with Gasteiger partial charge in [-0.15, -0.1) is 0 Å². The molecule has 0 heterocycles. The largest absolute Gasteiger partial charge is 0.478 e. The van der Waals surface area contributed by atoms with Gasteiger partial charge in [0.15, 0.2) is 0 Å². The number of halogens is 2. The molecule has 2 rings (SSSR count). The van der Waals surface area contributed by atoms with Gasteiger partial charge in [0.2, 0.25) is 0 Å². The SMILES string of the molecule is CCNc1ccc(/C(C)=C/C(=O)O)cc1NC(=O)Nc1ccc(F)cc1F. The van der Waals surface area contributed by atoms with Crippen molar-refractivity contribution in [1.29, 1.82) is 0 Å². The Labute approximate surface area is 154 Å². The second-order valence-electron chi connectivity index (χ2n) is 5.66. The van der Waals surface area contributed by atoms with Crippen LogP contribution in [0.1, 0.15) is 19.4 Å². The first-order valence-electron chi connectivity index (χ1n) is 8.12. The molecule has 0 spiro atoms. The zero-order valence-electron chi connectivity index (χ0n) is 14.8. The third-order valence-electron chi connectivity index (χ3n) is 3.61. The maximum atomic E-state index is 13.7. The van der Waals surface area contributed by atoms with E-state index in [1.165, 1.54) is 0 Å². The molecule has 27 heavy (non-hydrogen) atoms. The van der Waals surface area contributed by atoms with Crippen LogP contribution in [0.25, 0.3) is 5.57 Å². The molecule has 0 aromatic heterocycles. The van der Waals surface area contributed by atoms with Gasteiger partial charge in [-0.2, -0.15) is 0 Å².